The summed E-state index contributed by atoms with van der Waals surface area (Å²) in [5, 5.41) is 20.5. The predicted molar refractivity (Wildman–Crippen MR) is 89.5 cm³/mol. The quantitative estimate of drug-likeness (QED) is 0.333. The molecule has 0 unspecified atom stereocenters. The van der Waals surface area contributed by atoms with Crippen LogP contribution in [-0.2, 0) is 28.7 Å². The van der Waals surface area contributed by atoms with Gasteiger partial charge in [-0.3, -0.25) is 4.18 Å². The van der Waals surface area contributed by atoms with Crippen LogP contribution in [0.1, 0.15) is 0 Å². The van der Waals surface area contributed by atoms with E-state index in [1.54, 1.807) is 0 Å². The van der Waals surface area contributed by atoms with Crippen LogP contribution in [0.25, 0.3) is 0 Å². The number of aliphatic hydroxyl groups is 1. The van der Waals surface area contributed by atoms with Crippen molar-refractivity contribution in [3.05, 3.63) is 36.7 Å². The molecule has 0 radical (unpaired) electrons. The monoisotopic (exact) mass is 371 g/mol. The van der Waals surface area contributed by atoms with Gasteiger partial charge in [0, 0.05) is 11.7 Å². The van der Waals surface area contributed by atoms with Gasteiger partial charge in [-0.15, -0.1) is 0 Å². The van der Waals surface area contributed by atoms with E-state index in [1.165, 1.54) is 0 Å². The van der Waals surface area contributed by atoms with Crippen LogP contribution in [0.4, 0.5) is 17.3 Å². The zero-order valence-electron chi connectivity index (χ0n) is 14.2. The van der Waals surface area contributed by atoms with Crippen LogP contribution in [0.3, 0.4) is 0 Å². The highest BCUT2D eigenvalue weighted by Gasteiger charge is 2.11. The van der Waals surface area contributed by atoms with Gasteiger partial charge in [0.2, 0.25) is 10.4 Å². The SMILES string of the molecule is COS(=O)(=O)[O-].Cn1cc[n+](C)c1N=Nc1ccccc1NCCO. The lowest BCUT2D eigenvalue weighted by Gasteiger charge is -2.05. The first kappa shape index (κ1) is 20.7. The first-order chi connectivity index (χ1) is 11.8. The van der Waals surface area contributed by atoms with Crippen molar-refractivity contribution in [1.29, 1.82) is 0 Å². The Labute approximate surface area is 146 Å². The molecule has 0 spiro atoms. The number of hydrogen-bond acceptors (Lipinski definition) is 8. The molecule has 1 aromatic carbocycles. The third-order valence-corrected chi connectivity index (χ3v) is 3.34. The van der Waals surface area contributed by atoms with Crippen molar-refractivity contribution in [1.82, 2.24) is 4.57 Å². The average molecular weight is 371 g/mol. The highest BCUT2D eigenvalue weighted by molar-refractivity contribution is 7.80. The number of imidazole rings is 1. The van der Waals surface area contributed by atoms with Gasteiger partial charge in [-0.2, -0.15) is 0 Å². The number of rotatable bonds is 6. The van der Waals surface area contributed by atoms with Crippen LogP contribution >= 0.6 is 0 Å². The molecular weight excluding hydrogens is 350 g/mol. The van der Waals surface area contributed by atoms with Crippen molar-refractivity contribution in [2.45, 2.75) is 0 Å². The van der Waals surface area contributed by atoms with E-state index in [9.17, 15) is 13.0 Å². The number of nitrogens with zero attached hydrogens (tertiary/aromatic N) is 4. The fraction of sp³-hybridized carbons (Fsp3) is 0.357. The highest BCUT2D eigenvalue weighted by Crippen LogP contribution is 2.25. The summed E-state index contributed by atoms with van der Waals surface area (Å²) in [5.41, 5.74) is 1.61. The van der Waals surface area contributed by atoms with Gasteiger partial charge in [0.25, 0.3) is 0 Å². The Kier molecular flexibility index (Phi) is 8.15. The molecule has 11 heteroatoms. The molecule has 0 aliphatic heterocycles. The summed E-state index contributed by atoms with van der Waals surface area (Å²) in [4.78, 5) is 0. The number of aryl methyl sites for hydroxylation is 2. The van der Waals surface area contributed by atoms with Crippen molar-refractivity contribution in [2.24, 2.45) is 24.3 Å². The molecule has 1 heterocycles. The van der Waals surface area contributed by atoms with Gasteiger partial charge >= 0.3 is 5.95 Å². The maximum absolute atomic E-state index is 9.22. The van der Waals surface area contributed by atoms with Gasteiger partial charge in [0.05, 0.1) is 45.9 Å². The third kappa shape index (κ3) is 7.39. The number of benzene rings is 1. The van der Waals surface area contributed by atoms with E-state index in [1.807, 2.05) is 59.9 Å². The Morgan fingerprint density at radius 3 is 2.52 bits per heavy atom. The summed E-state index contributed by atoms with van der Waals surface area (Å²) in [6.07, 6.45) is 3.84. The van der Waals surface area contributed by atoms with Crippen LogP contribution in [0.2, 0.25) is 0 Å². The standard InChI is InChI=1S/C13H17N5O.CH4O4S/c1-17-8-9-18(2)13(17)16-15-12-6-4-3-5-11(12)14-7-10-19;1-5-6(2,3)4/h3-6,8-9,19H,7,10H2,1-2H3;1H3,(H,2,3,4). The molecule has 0 aliphatic carbocycles. The molecule has 0 atom stereocenters. The maximum Gasteiger partial charge on any atom is 0.421 e. The molecule has 1 aromatic heterocycles. The van der Waals surface area contributed by atoms with Crippen LogP contribution in [-0.4, -0.2) is 42.9 Å². The first-order valence-electron chi connectivity index (χ1n) is 7.16. The molecule has 0 fully saturated rings. The lowest BCUT2D eigenvalue weighted by molar-refractivity contribution is -0.657. The number of hydrogen-bond donors (Lipinski definition) is 2. The second-order valence-electron chi connectivity index (χ2n) is 4.76. The topological polar surface area (TPSA) is 132 Å². The molecule has 10 nitrogen and oxygen atoms in total. The molecule has 25 heavy (non-hydrogen) atoms. The Bertz CT molecular complexity index is 784. The van der Waals surface area contributed by atoms with E-state index in [-0.39, 0.29) is 6.61 Å². The molecular formula is C14H21N5O5S. The fourth-order valence-corrected chi connectivity index (χ4v) is 1.72. The van der Waals surface area contributed by atoms with Gasteiger partial charge in [-0.25, -0.2) is 17.6 Å². The minimum absolute atomic E-state index is 0.0816. The van der Waals surface area contributed by atoms with Crippen molar-refractivity contribution in [2.75, 3.05) is 25.6 Å². The Morgan fingerprint density at radius 1 is 1.36 bits per heavy atom. The largest absolute Gasteiger partial charge is 0.726 e. The molecule has 0 bridgehead atoms. The Balaban J connectivity index is 0.000000450. The summed E-state index contributed by atoms with van der Waals surface area (Å²) >= 11 is 0. The number of nitrogens with one attached hydrogen (secondary N) is 1. The van der Waals surface area contributed by atoms with Crippen LogP contribution < -0.4 is 9.88 Å². The molecule has 2 rings (SSSR count). The lowest BCUT2D eigenvalue weighted by Crippen LogP contribution is -2.25. The zero-order chi connectivity index (χ0) is 18.9. The minimum atomic E-state index is -4.41. The number of azo groups is 1. The summed E-state index contributed by atoms with van der Waals surface area (Å²) in [5.74, 6) is 0.761. The molecule has 0 aliphatic rings. The average Bonchev–Trinajstić information content (AvgIpc) is 2.90. The van der Waals surface area contributed by atoms with Crippen molar-refractivity contribution >= 4 is 27.7 Å². The summed E-state index contributed by atoms with van der Waals surface area (Å²) in [7, 11) is 0.238. The van der Waals surface area contributed by atoms with Crippen molar-refractivity contribution in [3.63, 3.8) is 0 Å². The van der Waals surface area contributed by atoms with E-state index in [4.69, 9.17) is 5.11 Å². The van der Waals surface area contributed by atoms with Gasteiger partial charge in [0.15, 0.2) is 0 Å². The molecule has 0 saturated carbocycles. The van der Waals surface area contributed by atoms with Crippen molar-refractivity contribution < 1.29 is 26.8 Å². The minimum Gasteiger partial charge on any atom is -0.726 e. The van der Waals surface area contributed by atoms with Crippen molar-refractivity contribution in [3.8, 4) is 0 Å². The van der Waals surface area contributed by atoms with E-state index in [2.05, 4.69) is 19.7 Å². The van der Waals surface area contributed by atoms with Gasteiger partial charge in [0.1, 0.15) is 5.69 Å². The number of aromatic nitrogens is 2. The second kappa shape index (κ2) is 9.84. The molecule has 2 N–H and O–H groups in total. The van der Waals surface area contributed by atoms with Gasteiger partial charge in [-0.05, 0) is 12.1 Å². The van der Waals surface area contributed by atoms with Gasteiger partial charge < -0.3 is 15.0 Å². The fourth-order valence-electron chi connectivity index (χ4n) is 1.72. The predicted octanol–water partition coefficient (Wildman–Crippen LogP) is 0.762. The molecule has 2 aromatic rings. The Hall–Kier alpha value is -2.34. The van der Waals surface area contributed by atoms with E-state index < -0.39 is 10.4 Å². The second-order valence-corrected chi connectivity index (χ2v) is 5.91. The van der Waals surface area contributed by atoms with Gasteiger partial charge in [-0.1, -0.05) is 17.2 Å². The van der Waals surface area contributed by atoms with E-state index >= 15 is 0 Å². The van der Waals surface area contributed by atoms with Crippen LogP contribution in [0, 0.1) is 0 Å². The van der Waals surface area contributed by atoms with Crippen LogP contribution in [0.15, 0.2) is 46.9 Å². The lowest BCUT2D eigenvalue weighted by atomic mass is 10.3. The highest BCUT2D eigenvalue weighted by atomic mass is 32.3. The number of para-hydroxylation sites is 1. The summed E-state index contributed by atoms with van der Waals surface area (Å²) in [6.45, 7) is 0.572. The van der Waals surface area contributed by atoms with E-state index in [0.29, 0.717) is 6.54 Å². The number of anilines is 1. The third-order valence-electron chi connectivity index (χ3n) is 2.93. The summed E-state index contributed by atoms with van der Waals surface area (Å²) in [6, 6.07) is 7.62. The smallest absolute Gasteiger partial charge is 0.421 e. The summed E-state index contributed by atoms with van der Waals surface area (Å²) < 4.78 is 34.8. The normalized spacial score (nSPS) is 11.2. The molecule has 0 saturated heterocycles. The zero-order valence-corrected chi connectivity index (χ0v) is 15.0. The maximum atomic E-state index is 9.22. The molecule has 0 amide bonds. The Morgan fingerprint density at radius 2 is 2.00 bits per heavy atom. The van der Waals surface area contributed by atoms with E-state index in [0.717, 1.165) is 24.4 Å². The number of aliphatic hydroxyl groups excluding tert-OH is 1. The molecule has 138 valence electrons. The van der Waals surface area contributed by atoms with Crippen LogP contribution in [0.5, 0.6) is 0 Å². The first-order valence-corrected chi connectivity index (χ1v) is 8.49.